The number of nitrogens with one attached hydrogen (secondary N) is 1. The monoisotopic (exact) mass is 463 g/mol. The second-order valence-corrected chi connectivity index (χ2v) is 7.64. The first-order valence-electron chi connectivity index (χ1n) is 10.5. The van der Waals surface area contributed by atoms with E-state index >= 15 is 0 Å². The molecule has 0 aliphatic carbocycles. The Hall–Kier alpha value is -4.13. The zero-order valence-corrected chi connectivity index (χ0v) is 18.9. The number of furan rings is 1. The van der Waals surface area contributed by atoms with Gasteiger partial charge in [-0.25, -0.2) is 8.78 Å². The van der Waals surface area contributed by atoms with Gasteiger partial charge >= 0.3 is 0 Å². The van der Waals surface area contributed by atoms with Gasteiger partial charge < -0.3 is 19.2 Å². The molecule has 0 unspecified atom stereocenters. The zero-order valence-electron chi connectivity index (χ0n) is 18.9. The number of benzene rings is 3. The lowest BCUT2D eigenvalue weighted by Crippen LogP contribution is -2.22. The van der Waals surface area contributed by atoms with Crippen LogP contribution in [-0.2, 0) is 11.3 Å². The Morgan fingerprint density at radius 3 is 2.38 bits per heavy atom. The molecule has 3 aromatic carbocycles. The van der Waals surface area contributed by atoms with Crippen LogP contribution in [0.5, 0.6) is 11.5 Å². The summed E-state index contributed by atoms with van der Waals surface area (Å²) in [7, 11) is 3.14. The SMILES string of the molecule is COc1cc2occ(-c3ccccc3OC)c2cc1/C(C)=C/C(=O)NCc1c(F)cccc1F. The molecule has 0 spiro atoms. The maximum Gasteiger partial charge on any atom is 0.244 e. The van der Waals surface area contributed by atoms with E-state index in [-0.39, 0.29) is 12.1 Å². The van der Waals surface area contributed by atoms with Gasteiger partial charge in [0, 0.05) is 46.3 Å². The molecule has 0 atom stereocenters. The molecule has 1 N–H and O–H groups in total. The first-order valence-corrected chi connectivity index (χ1v) is 10.5. The van der Waals surface area contributed by atoms with Crippen LogP contribution in [-0.4, -0.2) is 20.1 Å². The summed E-state index contributed by atoms with van der Waals surface area (Å²) in [6.45, 7) is 1.49. The maximum atomic E-state index is 13.8. The molecule has 0 aliphatic rings. The van der Waals surface area contributed by atoms with Crippen LogP contribution in [0.25, 0.3) is 27.7 Å². The number of methoxy groups -OCH3 is 2. The third-order valence-corrected chi connectivity index (χ3v) is 5.57. The lowest BCUT2D eigenvalue weighted by Gasteiger charge is -2.11. The van der Waals surface area contributed by atoms with Crippen LogP contribution in [0.4, 0.5) is 8.78 Å². The standard InChI is InChI=1S/C27H23F2NO4/c1-16(11-27(31)30-14-20-22(28)8-6-9-23(20)29)18-12-19-21(15-34-26(19)13-25(18)33-3)17-7-4-5-10-24(17)32-2/h4-13,15H,14H2,1-3H3,(H,30,31)/b16-11+. The molecule has 34 heavy (non-hydrogen) atoms. The van der Waals surface area contributed by atoms with Gasteiger partial charge in [-0.3, -0.25) is 4.79 Å². The van der Waals surface area contributed by atoms with Crippen LogP contribution in [0.15, 0.2) is 71.4 Å². The number of carbonyl (C=O) groups is 1. The summed E-state index contributed by atoms with van der Waals surface area (Å²) >= 11 is 0. The fourth-order valence-corrected chi connectivity index (χ4v) is 3.81. The Kier molecular flexibility index (Phi) is 6.63. The molecule has 4 aromatic rings. The van der Waals surface area contributed by atoms with Crippen molar-refractivity contribution in [1.82, 2.24) is 5.32 Å². The van der Waals surface area contributed by atoms with Crippen LogP contribution >= 0.6 is 0 Å². The Balaban J connectivity index is 1.67. The van der Waals surface area contributed by atoms with E-state index in [4.69, 9.17) is 13.9 Å². The Bertz CT molecular complexity index is 1370. The molecule has 0 radical (unpaired) electrons. The number of para-hydroxylation sites is 1. The van der Waals surface area contributed by atoms with E-state index in [2.05, 4.69) is 5.32 Å². The van der Waals surface area contributed by atoms with Crippen LogP contribution in [0.1, 0.15) is 18.1 Å². The summed E-state index contributed by atoms with van der Waals surface area (Å²) in [5.41, 5.74) is 3.42. The fraction of sp³-hybridized carbons (Fsp3) is 0.148. The fourth-order valence-electron chi connectivity index (χ4n) is 3.81. The molecule has 4 rings (SSSR count). The summed E-state index contributed by atoms with van der Waals surface area (Å²) in [5.74, 6) is -0.682. The highest BCUT2D eigenvalue weighted by Crippen LogP contribution is 2.40. The molecule has 5 nitrogen and oxygen atoms in total. The van der Waals surface area contributed by atoms with Crippen molar-refractivity contribution in [1.29, 1.82) is 0 Å². The number of ether oxygens (including phenoxy) is 2. The summed E-state index contributed by atoms with van der Waals surface area (Å²) in [5, 5.41) is 3.35. The number of halogens is 2. The quantitative estimate of drug-likeness (QED) is 0.336. The summed E-state index contributed by atoms with van der Waals surface area (Å²) in [6, 6.07) is 14.8. The van der Waals surface area contributed by atoms with E-state index in [9.17, 15) is 13.6 Å². The molecule has 0 aliphatic heterocycles. The summed E-state index contributed by atoms with van der Waals surface area (Å²) in [4.78, 5) is 12.5. The van der Waals surface area contributed by atoms with Crippen molar-refractivity contribution in [2.75, 3.05) is 14.2 Å². The van der Waals surface area contributed by atoms with Gasteiger partial charge in [0.2, 0.25) is 5.91 Å². The zero-order chi connectivity index (χ0) is 24.2. The molecule has 7 heteroatoms. The smallest absolute Gasteiger partial charge is 0.244 e. The van der Waals surface area contributed by atoms with Crippen molar-refractivity contribution >= 4 is 22.4 Å². The molecule has 1 heterocycles. The lowest BCUT2D eigenvalue weighted by molar-refractivity contribution is -0.116. The van der Waals surface area contributed by atoms with Gasteiger partial charge in [0.05, 0.1) is 20.5 Å². The number of hydrogen-bond acceptors (Lipinski definition) is 4. The van der Waals surface area contributed by atoms with E-state index in [1.807, 2.05) is 30.3 Å². The molecular formula is C27H23F2NO4. The second kappa shape index (κ2) is 9.79. The molecule has 0 bridgehead atoms. The van der Waals surface area contributed by atoms with Crippen molar-refractivity contribution in [2.45, 2.75) is 13.5 Å². The highest BCUT2D eigenvalue weighted by molar-refractivity contribution is 6.01. The Morgan fingerprint density at radius 2 is 1.68 bits per heavy atom. The first kappa shape index (κ1) is 23.0. The highest BCUT2D eigenvalue weighted by Gasteiger charge is 2.17. The number of hydrogen-bond donors (Lipinski definition) is 1. The summed E-state index contributed by atoms with van der Waals surface area (Å²) < 4.78 is 44.4. The van der Waals surface area contributed by atoms with E-state index < -0.39 is 17.5 Å². The third kappa shape index (κ3) is 4.50. The minimum Gasteiger partial charge on any atom is -0.496 e. The average Bonchev–Trinajstić information content (AvgIpc) is 3.25. The average molecular weight is 463 g/mol. The van der Waals surface area contributed by atoms with Gasteiger partial charge in [-0.1, -0.05) is 24.3 Å². The largest absolute Gasteiger partial charge is 0.496 e. The van der Waals surface area contributed by atoms with Gasteiger partial charge in [-0.15, -0.1) is 0 Å². The normalized spacial score (nSPS) is 11.5. The number of allylic oxidation sites excluding steroid dienone is 1. The topological polar surface area (TPSA) is 60.7 Å². The molecule has 0 saturated carbocycles. The van der Waals surface area contributed by atoms with Gasteiger partial charge in [0.15, 0.2) is 0 Å². The number of amides is 1. The molecule has 0 fully saturated rings. The van der Waals surface area contributed by atoms with E-state index in [0.29, 0.717) is 28.2 Å². The van der Waals surface area contributed by atoms with Crippen molar-refractivity contribution in [2.24, 2.45) is 0 Å². The third-order valence-electron chi connectivity index (χ3n) is 5.57. The highest BCUT2D eigenvalue weighted by atomic mass is 19.1. The van der Waals surface area contributed by atoms with Gasteiger partial charge in [-0.2, -0.15) is 0 Å². The van der Waals surface area contributed by atoms with Crippen LogP contribution in [0.3, 0.4) is 0 Å². The van der Waals surface area contributed by atoms with Gasteiger partial charge in [0.25, 0.3) is 0 Å². The van der Waals surface area contributed by atoms with Crippen molar-refractivity contribution in [3.05, 3.63) is 89.7 Å². The Morgan fingerprint density at radius 1 is 0.971 bits per heavy atom. The second-order valence-electron chi connectivity index (χ2n) is 7.64. The van der Waals surface area contributed by atoms with Crippen LogP contribution < -0.4 is 14.8 Å². The van der Waals surface area contributed by atoms with E-state index in [1.165, 1.54) is 19.3 Å². The number of rotatable bonds is 7. The summed E-state index contributed by atoms with van der Waals surface area (Å²) in [6.07, 6.45) is 3.02. The molecule has 174 valence electrons. The molecular weight excluding hydrogens is 440 g/mol. The predicted molar refractivity (Wildman–Crippen MR) is 127 cm³/mol. The molecule has 1 amide bonds. The Labute approximate surface area is 195 Å². The van der Waals surface area contributed by atoms with Gasteiger partial charge in [0.1, 0.15) is 28.7 Å². The number of fused-ring (bicyclic) bond motifs is 1. The van der Waals surface area contributed by atoms with Crippen molar-refractivity contribution in [3.63, 3.8) is 0 Å². The van der Waals surface area contributed by atoms with E-state index in [1.54, 1.807) is 26.4 Å². The first-order chi connectivity index (χ1) is 16.4. The minimum atomic E-state index is -0.711. The van der Waals surface area contributed by atoms with Crippen molar-refractivity contribution < 1.29 is 27.5 Å². The van der Waals surface area contributed by atoms with Crippen LogP contribution in [0.2, 0.25) is 0 Å². The molecule has 1 aromatic heterocycles. The predicted octanol–water partition coefficient (Wildman–Crippen LogP) is 6.11. The van der Waals surface area contributed by atoms with Gasteiger partial charge in [-0.05, 0) is 36.8 Å². The van der Waals surface area contributed by atoms with Crippen molar-refractivity contribution in [3.8, 4) is 22.6 Å². The van der Waals surface area contributed by atoms with Crippen LogP contribution in [0, 0.1) is 11.6 Å². The molecule has 0 saturated heterocycles. The number of carbonyl (C=O) groups excluding carboxylic acids is 1. The van der Waals surface area contributed by atoms with E-state index in [0.717, 1.165) is 28.6 Å². The maximum absolute atomic E-state index is 13.8. The minimum absolute atomic E-state index is 0.194. The lowest BCUT2D eigenvalue weighted by atomic mass is 9.98.